The van der Waals surface area contributed by atoms with Gasteiger partial charge in [-0.1, -0.05) is 204 Å². The van der Waals surface area contributed by atoms with Crippen LogP contribution < -0.4 is 15.9 Å². The smallest absolute Gasteiger partial charge is 0.0966 e. The van der Waals surface area contributed by atoms with E-state index in [0.717, 1.165) is 18.4 Å². The average molecular weight is 657 g/mol. The summed E-state index contributed by atoms with van der Waals surface area (Å²) in [5.41, 5.74) is 14.4. The Hall–Kier alpha value is -5.40. The summed E-state index contributed by atoms with van der Waals surface area (Å²) >= 11 is 0. The molecule has 51 heavy (non-hydrogen) atoms. The van der Waals surface area contributed by atoms with E-state index in [-0.39, 0.29) is 12.1 Å². The van der Waals surface area contributed by atoms with Gasteiger partial charge >= 0.3 is 0 Å². The van der Waals surface area contributed by atoms with E-state index in [9.17, 15) is 0 Å². The summed E-state index contributed by atoms with van der Waals surface area (Å²) in [7, 11) is 0. The van der Waals surface area contributed by atoms with Crippen LogP contribution >= 0.6 is 0 Å². The van der Waals surface area contributed by atoms with E-state index in [2.05, 4.69) is 192 Å². The molecule has 0 aliphatic heterocycles. The minimum atomic E-state index is -0.360. The minimum Gasteiger partial charge on any atom is -0.0966 e. The molecule has 3 aliphatic carbocycles. The van der Waals surface area contributed by atoms with Crippen molar-refractivity contribution < 1.29 is 0 Å². The SMILES string of the molecule is C=C(C)/C(B(C1=CC=C2C(=CC1)C(C1=CC=CC(C)C1)(c1ccccc1)c1ccccc12)c1c(C)ccc2ccccc12)=c1/cccc/c1=C/C. The van der Waals surface area contributed by atoms with Gasteiger partial charge in [-0.3, -0.25) is 0 Å². The van der Waals surface area contributed by atoms with E-state index in [4.69, 9.17) is 0 Å². The summed E-state index contributed by atoms with van der Waals surface area (Å²) in [5, 5.41) is 5.07. The molecule has 2 unspecified atom stereocenters. The van der Waals surface area contributed by atoms with Gasteiger partial charge in [-0.15, -0.1) is 0 Å². The highest BCUT2D eigenvalue weighted by molar-refractivity contribution is 6.96. The summed E-state index contributed by atoms with van der Waals surface area (Å²) in [4.78, 5) is 0. The molecular weight excluding hydrogens is 611 g/mol. The zero-order chi connectivity index (χ0) is 35.1. The molecule has 8 rings (SSSR count). The molecule has 0 saturated heterocycles. The maximum atomic E-state index is 4.68. The first-order valence-electron chi connectivity index (χ1n) is 18.5. The molecule has 0 aromatic heterocycles. The Kier molecular flexibility index (Phi) is 8.60. The lowest BCUT2D eigenvalue weighted by molar-refractivity contribution is 0.614. The Morgan fingerprint density at radius 2 is 1.57 bits per heavy atom. The van der Waals surface area contributed by atoms with Gasteiger partial charge in [0.2, 0.25) is 6.71 Å². The summed E-state index contributed by atoms with van der Waals surface area (Å²) < 4.78 is 0. The number of hydrogen-bond donors (Lipinski definition) is 0. The van der Waals surface area contributed by atoms with Gasteiger partial charge in [-0.2, -0.15) is 0 Å². The molecule has 2 atom stereocenters. The van der Waals surface area contributed by atoms with Crippen LogP contribution in [0.2, 0.25) is 0 Å². The summed E-state index contributed by atoms with van der Waals surface area (Å²) in [5.74, 6) is 0.479. The molecule has 0 radical (unpaired) electrons. The van der Waals surface area contributed by atoms with Crippen molar-refractivity contribution in [1.82, 2.24) is 0 Å². The number of allylic oxidation sites excluding steroid dienone is 11. The molecule has 5 aromatic rings. The highest BCUT2D eigenvalue weighted by atomic mass is 14.5. The van der Waals surface area contributed by atoms with Crippen molar-refractivity contribution in [2.24, 2.45) is 5.92 Å². The molecule has 248 valence electrons. The second kappa shape index (κ2) is 13.4. The molecule has 0 saturated carbocycles. The van der Waals surface area contributed by atoms with Gasteiger partial charge < -0.3 is 0 Å². The third-order valence-corrected chi connectivity index (χ3v) is 11.4. The second-order valence-electron chi connectivity index (χ2n) is 14.6. The molecule has 0 bridgehead atoms. The fourth-order valence-corrected chi connectivity index (χ4v) is 9.25. The monoisotopic (exact) mass is 656 g/mol. The Morgan fingerprint density at radius 3 is 2.37 bits per heavy atom. The zero-order valence-corrected chi connectivity index (χ0v) is 30.3. The van der Waals surface area contributed by atoms with Crippen LogP contribution in [0.15, 0.2) is 180 Å². The van der Waals surface area contributed by atoms with Gasteiger partial charge in [-0.05, 0) is 88.6 Å². The Bertz CT molecular complexity index is 2480. The molecule has 5 aromatic carbocycles. The second-order valence-corrected chi connectivity index (χ2v) is 14.6. The van der Waals surface area contributed by atoms with Crippen molar-refractivity contribution in [1.29, 1.82) is 0 Å². The molecule has 0 fully saturated rings. The number of fused-ring (bicyclic) bond motifs is 4. The van der Waals surface area contributed by atoms with Crippen molar-refractivity contribution in [3.63, 3.8) is 0 Å². The van der Waals surface area contributed by atoms with Crippen molar-refractivity contribution in [2.45, 2.75) is 46.0 Å². The van der Waals surface area contributed by atoms with E-state index in [1.54, 1.807) is 0 Å². The van der Waals surface area contributed by atoms with Crippen molar-refractivity contribution in [3.05, 3.63) is 213 Å². The molecule has 1 heteroatoms. The number of aryl methyl sites for hydroxylation is 1. The predicted octanol–water partition coefficient (Wildman–Crippen LogP) is 10.3. The van der Waals surface area contributed by atoms with Crippen molar-refractivity contribution in [3.8, 4) is 0 Å². The number of rotatable bonds is 6. The number of benzene rings is 5. The molecular formula is C50H45B. The van der Waals surface area contributed by atoms with E-state index in [1.807, 2.05) is 0 Å². The third kappa shape index (κ3) is 5.39. The van der Waals surface area contributed by atoms with Gasteiger partial charge in [0.1, 0.15) is 0 Å². The highest BCUT2D eigenvalue weighted by Crippen LogP contribution is 2.59. The van der Waals surface area contributed by atoms with Gasteiger partial charge in [-0.25, -0.2) is 0 Å². The van der Waals surface area contributed by atoms with Crippen LogP contribution in [0.1, 0.15) is 55.9 Å². The minimum absolute atomic E-state index is 0.0143. The molecule has 0 amide bonds. The standard InChI is InChI=1S/C50H45B/c1-6-37-18-10-12-23-42(37)48(34(2)3)51(49-36(5)27-28-38-19-11-13-24-43(38)49)41-29-31-45-44-25-14-15-26-46(44)50(47(45)32-30-41,39-20-8-7-9-21-39)40-22-16-17-35(4)33-40/h6-29,31-32,35H,2,30,33H2,1,3-5H3/b37-6-,48-42+. The molecule has 0 N–H and O–H groups in total. The largest absolute Gasteiger partial charge is 0.239 e. The fourth-order valence-electron chi connectivity index (χ4n) is 9.25. The van der Waals surface area contributed by atoms with E-state index >= 15 is 0 Å². The molecule has 0 nitrogen and oxygen atoms in total. The van der Waals surface area contributed by atoms with Crippen LogP contribution in [0, 0.1) is 12.8 Å². The Morgan fingerprint density at radius 1 is 0.824 bits per heavy atom. The summed E-state index contributed by atoms with van der Waals surface area (Å²) in [6.45, 7) is 13.7. The average Bonchev–Trinajstić information content (AvgIpc) is 3.26. The zero-order valence-electron chi connectivity index (χ0n) is 30.3. The first-order valence-corrected chi connectivity index (χ1v) is 18.5. The lowest BCUT2D eigenvalue weighted by atomic mass is 9.32. The Balaban J connectivity index is 1.44. The topological polar surface area (TPSA) is 0 Å². The quantitative estimate of drug-likeness (QED) is 0.160. The summed E-state index contributed by atoms with van der Waals surface area (Å²) in [6, 6.07) is 42.7. The van der Waals surface area contributed by atoms with Crippen LogP contribution in [-0.2, 0) is 5.41 Å². The van der Waals surface area contributed by atoms with Crippen molar-refractivity contribution in [2.75, 3.05) is 0 Å². The van der Waals surface area contributed by atoms with Crippen LogP contribution in [-0.4, -0.2) is 6.71 Å². The number of hydrogen-bond acceptors (Lipinski definition) is 0. The van der Waals surface area contributed by atoms with Gasteiger partial charge in [0, 0.05) is 0 Å². The van der Waals surface area contributed by atoms with Crippen LogP contribution in [0.5, 0.6) is 0 Å². The van der Waals surface area contributed by atoms with Crippen LogP contribution in [0.25, 0.3) is 27.9 Å². The molecule has 3 aliphatic rings. The first kappa shape index (κ1) is 32.8. The maximum Gasteiger partial charge on any atom is 0.239 e. The maximum absolute atomic E-state index is 4.68. The Labute approximate surface area is 304 Å². The fraction of sp³-hybridized carbons (Fsp3) is 0.160. The van der Waals surface area contributed by atoms with Crippen LogP contribution in [0.3, 0.4) is 0 Å². The first-order chi connectivity index (χ1) is 24.9. The van der Waals surface area contributed by atoms with Gasteiger partial charge in [0.15, 0.2) is 0 Å². The van der Waals surface area contributed by atoms with Crippen molar-refractivity contribution >= 4 is 40.1 Å². The highest BCUT2D eigenvalue weighted by Gasteiger charge is 2.49. The van der Waals surface area contributed by atoms with E-state index in [1.165, 1.54) is 76.6 Å². The normalized spacial score (nSPS) is 20.4. The van der Waals surface area contributed by atoms with Gasteiger partial charge in [0.05, 0.1) is 5.41 Å². The van der Waals surface area contributed by atoms with E-state index in [0.29, 0.717) is 5.92 Å². The predicted molar refractivity (Wildman–Crippen MR) is 222 cm³/mol. The lowest BCUT2D eigenvalue weighted by Crippen LogP contribution is -2.43. The lowest BCUT2D eigenvalue weighted by Gasteiger charge is -2.38. The summed E-state index contributed by atoms with van der Waals surface area (Å²) in [6.07, 6.45) is 18.6. The van der Waals surface area contributed by atoms with Crippen LogP contribution in [0.4, 0.5) is 0 Å². The molecule has 0 heterocycles. The van der Waals surface area contributed by atoms with E-state index < -0.39 is 0 Å². The molecule has 0 spiro atoms. The third-order valence-electron chi connectivity index (χ3n) is 11.4. The van der Waals surface area contributed by atoms with Gasteiger partial charge in [0.25, 0.3) is 0 Å².